The number of unbranched alkanes of at least 4 members (excludes halogenated alkanes) is 1. The lowest BCUT2D eigenvalue weighted by Crippen LogP contribution is -2.52. The molecule has 3 rings (SSSR count). The van der Waals surface area contributed by atoms with Crippen LogP contribution in [-0.2, 0) is 30.3 Å². The topological polar surface area (TPSA) is 217 Å². The number of hydrogen-bond donors (Lipinski definition) is 5. The summed E-state index contributed by atoms with van der Waals surface area (Å²) in [4.78, 5) is 83.9. The molecular formula is C30H38N6O9. The molecule has 0 radical (unpaired) electrons. The number of carboxylic acids is 2. The number of nitrogens with one attached hydrogen (secondary N) is 3. The largest absolute Gasteiger partial charge is 0.480 e. The van der Waals surface area contributed by atoms with Crippen molar-refractivity contribution >= 4 is 41.4 Å². The third-order valence-electron chi connectivity index (χ3n) is 6.80. The summed E-state index contributed by atoms with van der Waals surface area (Å²) in [7, 11) is 0. The van der Waals surface area contributed by atoms with Crippen LogP contribution in [0.5, 0.6) is 0 Å². The summed E-state index contributed by atoms with van der Waals surface area (Å²) in [6.45, 7) is 5.43. The number of para-hydroxylation sites is 1. The SMILES string of the molecule is CC(C)(C)OC(=O)NCCCC[C@H](NC(=O)c1cnccn1)C(=O)N[C@H](CCC(=O)N1c2ccccc2C[C@H]1C(=O)O)C(=O)O. The number of aliphatic carboxylic acids is 2. The van der Waals surface area contributed by atoms with Crippen LogP contribution in [0.3, 0.4) is 0 Å². The van der Waals surface area contributed by atoms with Crippen molar-refractivity contribution < 1.29 is 43.7 Å². The minimum absolute atomic E-state index is 0.0545. The lowest BCUT2D eigenvalue weighted by molar-refractivity contribution is -0.143. The summed E-state index contributed by atoms with van der Waals surface area (Å²) in [5, 5.41) is 27.0. The van der Waals surface area contributed by atoms with E-state index in [-0.39, 0.29) is 37.9 Å². The fourth-order valence-electron chi connectivity index (χ4n) is 4.71. The number of anilines is 1. The van der Waals surface area contributed by atoms with Crippen LogP contribution in [-0.4, -0.2) is 86.2 Å². The number of hydrogen-bond acceptors (Lipinski definition) is 9. The van der Waals surface area contributed by atoms with E-state index in [1.54, 1.807) is 45.0 Å². The lowest BCUT2D eigenvalue weighted by Gasteiger charge is -2.24. The number of benzene rings is 1. The Hall–Kier alpha value is -5.08. The first-order valence-electron chi connectivity index (χ1n) is 14.5. The Balaban J connectivity index is 1.64. The van der Waals surface area contributed by atoms with E-state index in [1.165, 1.54) is 18.6 Å². The first-order chi connectivity index (χ1) is 21.3. The Bertz CT molecular complexity index is 1400. The second-order valence-corrected chi connectivity index (χ2v) is 11.4. The Kier molecular flexibility index (Phi) is 11.9. The molecule has 0 aliphatic carbocycles. The van der Waals surface area contributed by atoms with E-state index in [0.29, 0.717) is 24.1 Å². The fourth-order valence-corrected chi connectivity index (χ4v) is 4.71. The van der Waals surface area contributed by atoms with Gasteiger partial charge in [-0.25, -0.2) is 19.4 Å². The number of fused-ring (bicyclic) bond motifs is 1. The van der Waals surface area contributed by atoms with Gasteiger partial charge in [-0.2, -0.15) is 0 Å². The van der Waals surface area contributed by atoms with Crippen molar-refractivity contribution in [1.82, 2.24) is 25.9 Å². The van der Waals surface area contributed by atoms with Gasteiger partial charge >= 0.3 is 18.0 Å². The number of carboxylic acid groups (broad SMARTS) is 2. The molecule has 1 aliphatic rings. The smallest absolute Gasteiger partial charge is 0.407 e. The van der Waals surface area contributed by atoms with Gasteiger partial charge in [0.1, 0.15) is 29.4 Å². The fraction of sp³-hybridized carbons (Fsp3) is 0.467. The second kappa shape index (κ2) is 15.6. The summed E-state index contributed by atoms with van der Waals surface area (Å²) in [5.74, 6) is -4.71. The molecule has 2 aromatic rings. The van der Waals surface area contributed by atoms with Gasteiger partial charge in [-0.15, -0.1) is 0 Å². The van der Waals surface area contributed by atoms with E-state index in [1.807, 2.05) is 0 Å². The molecule has 1 aromatic heterocycles. The molecule has 15 nitrogen and oxygen atoms in total. The molecule has 0 unspecified atom stereocenters. The van der Waals surface area contributed by atoms with E-state index < -0.39 is 59.5 Å². The lowest BCUT2D eigenvalue weighted by atomic mass is 10.1. The van der Waals surface area contributed by atoms with Gasteiger partial charge in [-0.3, -0.25) is 24.3 Å². The highest BCUT2D eigenvalue weighted by molar-refractivity contribution is 6.02. The summed E-state index contributed by atoms with van der Waals surface area (Å²) in [6, 6.07) is 2.94. The Morgan fingerprint density at radius 1 is 1.00 bits per heavy atom. The Morgan fingerprint density at radius 2 is 1.73 bits per heavy atom. The average molecular weight is 627 g/mol. The zero-order valence-corrected chi connectivity index (χ0v) is 25.3. The number of nitrogens with zero attached hydrogens (tertiary/aromatic N) is 3. The second-order valence-electron chi connectivity index (χ2n) is 11.4. The molecule has 0 bridgehead atoms. The predicted octanol–water partition coefficient (Wildman–Crippen LogP) is 1.66. The van der Waals surface area contributed by atoms with Gasteiger partial charge in [0, 0.05) is 37.5 Å². The predicted molar refractivity (Wildman–Crippen MR) is 159 cm³/mol. The minimum Gasteiger partial charge on any atom is -0.480 e. The van der Waals surface area contributed by atoms with Crippen LogP contribution in [0.15, 0.2) is 42.9 Å². The molecule has 45 heavy (non-hydrogen) atoms. The zero-order valence-electron chi connectivity index (χ0n) is 25.3. The van der Waals surface area contributed by atoms with Gasteiger partial charge in [0.05, 0.1) is 6.20 Å². The first kappa shape index (κ1) is 34.4. The van der Waals surface area contributed by atoms with E-state index in [9.17, 15) is 39.0 Å². The molecule has 15 heteroatoms. The normalized spacial score (nSPS) is 15.3. The van der Waals surface area contributed by atoms with Crippen LogP contribution in [0.1, 0.15) is 68.9 Å². The highest BCUT2D eigenvalue weighted by Gasteiger charge is 2.38. The van der Waals surface area contributed by atoms with Crippen molar-refractivity contribution in [1.29, 1.82) is 0 Å². The van der Waals surface area contributed by atoms with Crippen molar-refractivity contribution in [3.8, 4) is 0 Å². The number of alkyl carbamates (subject to hydrolysis) is 1. The van der Waals surface area contributed by atoms with Crippen LogP contribution >= 0.6 is 0 Å². The third kappa shape index (κ3) is 10.3. The number of amides is 4. The maximum atomic E-state index is 13.3. The van der Waals surface area contributed by atoms with E-state index >= 15 is 0 Å². The van der Waals surface area contributed by atoms with Crippen molar-refractivity contribution in [2.45, 2.75) is 83.0 Å². The maximum absolute atomic E-state index is 13.3. The van der Waals surface area contributed by atoms with E-state index in [2.05, 4.69) is 25.9 Å². The first-order valence-corrected chi connectivity index (χ1v) is 14.5. The standard InChI is InChI=1S/C30H38N6O9/c1-30(2,3)45-29(44)33-13-7-6-9-19(34-26(39)21-17-31-14-15-32-21)25(38)35-20(27(40)41)11-12-24(37)36-22-10-5-4-8-18(22)16-23(36)28(42)43/h4-5,8,10,14-15,17,19-20,23H,6-7,9,11-13,16H2,1-3H3,(H,33,44)(H,34,39)(H,35,38)(H,40,41)(H,42,43)/t19-,20+,23-/m0/s1. The molecule has 0 saturated carbocycles. The van der Waals surface area contributed by atoms with Crippen LogP contribution < -0.4 is 20.9 Å². The monoisotopic (exact) mass is 626 g/mol. The van der Waals surface area contributed by atoms with Gasteiger partial charge in [0.25, 0.3) is 5.91 Å². The molecule has 0 fully saturated rings. The Morgan fingerprint density at radius 3 is 2.38 bits per heavy atom. The van der Waals surface area contributed by atoms with E-state index in [0.717, 1.165) is 4.90 Å². The Labute approximate surface area is 259 Å². The quantitative estimate of drug-likeness (QED) is 0.190. The molecule has 1 aromatic carbocycles. The molecular weight excluding hydrogens is 588 g/mol. The van der Waals surface area contributed by atoms with Gasteiger partial charge in [0.15, 0.2) is 0 Å². The van der Waals surface area contributed by atoms with Gasteiger partial charge in [0.2, 0.25) is 11.8 Å². The third-order valence-corrected chi connectivity index (χ3v) is 6.80. The van der Waals surface area contributed by atoms with Crippen LogP contribution in [0.4, 0.5) is 10.5 Å². The summed E-state index contributed by atoms with van der Waals surface area (Å²) in [6.07, 6.45) is 3.59. The molecule has 4 amide bonds. The summed E-state index contributed by atoms with van der Waals surface area (Å²) in [5.41, 5.74) is 0.407. The van der Waals surface area contributed by atoms with Crippen molar-refractivity contribution in [2.24, 2.45) is 0 Å². The number of ether oxygens (including phenoxy) is 1. The molecule has 5 N–H and O–H groups in total. The van der Waals surface area contributed by atoms with Crippen molar-refractivity contribution in [3.63, 3.8) is 0 Å². The highest BCUT2D eigenvalue weighted by Crippen LogP contribution is 2.33. The molecule has 0 saturated heterocycles. The molecule has 3 atom stereocenters. The molecule has 1 aliphatic heterocycles. The number of carbonyl (C=O) groups is 6. The van der Waals surface area contributed by atoms with Crippen molar-refractivity contribution in [3.05, 3.63) is 54.1 Å². The molecule has 0 spiro atoms. The summed E-state index contributed by atoms with van der Waals surface area (Å²) < 4.78 is 5.18. The van der Waals surface area contributed by atoms with Crippen LogP contribution in [0, 0.1) is 0 Å². The number of carbonyl (C=O) groups excluding carboxylic acids is 4. The van der Waals surface area contributed by atoms with Gasteiger partial charge in [-0.1, -0.05) is 18.2 Å². The van der Waals surface area contributed by atoms with E-state index in [4.69, 9.17) is 4.74 Å². The van der Waals surface area contributed by atoms with Crippen LogP contribution in [0.2, 0.25) is 0 Å². The minimum atomic E-state index is -1.51. The number of rotatable bonds is 14. The molecule has 2 heterocycles. The number of aromatic nitrogens is 2. The highest BCUT2D eigenvalue weighted by atomic mass is 16.6. The van der Waals surface area contributed by atoms with Gasteiger partial charge < -0.3 is 30.9 Å². The van der Waals surface area contributed by atoms with Gasteiger partial charge in [-0.05, 0) is 58.1 Å². The molecule has 242 valence electrons. The summed E-state index contributed by atoms with van der Waals surface area (Å²) >= 11 is 0. The average Bonchev–Trinajstić information content (AvgIpc) is 3.38. The van der Waals surface area contributed by atoms with Crippen LogP contribution in [0.25, 0.3) is 0 Å². The van der Waals surface area contributed by atoms with Crippen molar-refractivity contribution in [2.75, 3.05) is 11.4 Å². The maximum Gasteiger partial charge on any atom is 0.407 e. The zero-order chi connectivity index (χ0) is 33.1.